The molecule has 2 heterocycles. The predicted octanol–water partition coefficient (Wildman–Crippen LogP) is 1.13. The molecule has 98 valence electrons. The lowest BCUT2D eigenvalue weighted by molar-refractivity contribution is 0.651. The summed E-state index contributed by atoms with van der Waals surface area (Å²) in [6, 6.07) is 1.72. The maximum absolute atomic E-state index is 7.50. The van der Waals surface area contributed by atoms with Crippen LogP contribution in [-0.2, 0) is 12.8 Å². The molecule has 2 aromatic heterocycles. The maximum atomic E-state index is 7.50. The van der Waals surface area contributed by atoms with E-state index < -0.39 is 0 Å². The Morgan fingerprint density at radius 1 is 1.32 bits per heavy atom. The fraction of sp³-hybridized carbons (Fsp3) is 0.385. The zero-order chi connectivity index (χ0) is 13.4. The van der Waals surface area contributed by atoms with E-state index in [1.165, 1.54) is 18.5 Å². The SMILES string of the molecule is Cc1cc(C(=N)N)nc(-n2cnc3c2CCCC3)n1. The molecule has 0 aliphatic heterocycles. The average Bonchev–Trinajstić information content (AvgIpc) is 2.81. The summed E-state index contributed by atoms with van der Waals surface area (Å²) in [4.78, 5) is 13.2. The van der Waals surface area contributed by atoms with Gasteiger partial charge in [0.05, 0.1) is 5.69 Å². The van der Waals surface area contributed by atoms with Crippen molar-refractivity contribution in [3.05, 3.63) is 35.2 Å². The third-order valence-corrected chi connectivity index (χ3v) is 3.36. The van der Waals surface area contributed by atoms with Gasteiger partial charge in [0.2, 0.25) is 5.95 Å². The topological polar surface area (TPSA) is 93.5 Å². The molecule has 1 aliphatic carbocycles. The minimum Gasteiger partial charge on any atom is -0.382 e. The first-order valence-electron chi connectivity index (χ1n) is 6.40. The Morgan fingerprint density at radius 3 is 2.89 bits per heavy atom. The number of aryl methyl sites for hydroxylation is 2. The lowest BCUT2D eigenvalue weighted by atomic mass is 10.0. The molecule has 0 bridgehead atoms. The highest BCUT2D eigenvalue weighted by Crippen LogP contribution is 2.21. The standard InChI is InChI=1S/C13H16N6/c1-8-6-10(12(14)15)18-13(17-8)19-7-16-9-4-2-3-5-11(9)19/h6-7H,2-5H2,1H3,(H3,14,15). The lowest BCUT2D eigenvalue weighted by Crippen LogP contribution is -2.17. The fourth-order valence-electron chi connectivity index (χ4n) is 2.44. The van der Waals surface area contributed by atoms with Crippen molar-refractivity contribution in [2.45, 2.75) is 32.6 Å². The minimum absolute atomic E-state index is 0.0410. The van der Waals surface area contributed by atoms with Crippen LogP contribution >= 0.6 is 0 Å². The van der Waals surface area contributed by atoms with E-state index in [0.717, 1.165) is 24.2 Å². The van der Waals surface area contributed by atoms with E-state index in [9.17, 15) is 0 Å². The molecule has 0 saturated heterocycles. The Labute approximate surface area is 111 Å². The number of fused-ring (bicyclic) bond motifs is 1. The summed E-state index contributed by atoms with van der Waals surface area (Å²) < 4.78 is 1.92. The molecule has 0 saturated carbocycles. The minimum atomic E-state index is -0.0410. The van der Waals surface area contributed by atoms with Gasteiger partial charge in [-0.15, -0.1) is 0 Å². The zero-order valence-corrected chi connectivity index (χ0v) is 10.8. The van der Waals surface area contributed by atoms with Crippen molar-refractivity contribution in [3.8, 4) is 5.95 Å². The summed E-state index contributed by atoms with van der Waals surface area (Å²) in [6.45, 7) is 1.88. The lowest BCUT2D eigenvalue weighted by Gasteiger charge is -2.13. The van der Waals surface area contributed by atoms with Crippen LogP contribution in [0.1, 0.15) is 35.6 Å². The van der Waals surface area contributed by atoms with Crippen molar-refractivity contribution in [2.24, 2.45) is 5.73 Å². The smallest absolute Gasteiger partial charge is 0.236 e. The van der Waals surface area contributed by atoms with Gasteiger partial charge in [0.15, 0.2) is 0 Å². The summed E-state index contributed by atoms with van der Waals surface area (Å²) >= 11 is 0. The van der Waals surface area contributed by atoms with E-state index >= 15 is 0 Å². The molecule has 2 aromatic rings. The van der Waals surface area contributed by atoms with Crippen molar-refractivity contribution >= 4 is 5.84 Å². The van der Waals surface area contributed by atoms with E-state index in [0.29, 0.717) is 11.6 Å². The Kier molecular flexibility index (Phi) is 2.77. The van der Waals surface area contributed by atoms with Gasteiger partial charge in [-0.3, -0.25) is 9.98 Å². The third-order valence-electron chi connectivity index (χ3n) is 3.36. The first-order chi connectivity index (χ1) is 9.15. The number of imidazole rings is 1. The molecule has 3 N–H and O–H groups in total. The van der Waals surface area contributed by atoms with Crippen LogP contribution in [-0.4, -0.2) is 25.4 Å². The Balaban J connectivity index is 2.11. The summed E-state index contributed by atoms with van der Waals surface area (Å²) in [5.41, 5.74) is 9.10. The summed E-state index contributed by atoms with van der Waals surface area (Å²) in [5.74, 6) is 0.515. The number of rotatable bonds is 2. The summed E-state index contributed by atoms with van der Waals surface area (Å²) in [6.07, 6.45) is 6.16. The van der Waals surface area contributed by atoms with E-state index in [1.807, 2.05) is 11.5 Å². The van der Waals surface area contributed by atoms with Crippen molar-refractivity contribution in [3.63, 3.8) is 0 Å². The Hall–Kier alpha value is -2.24. The quantitative estimate of drug-likeness (QED) is 0.622. The molecule has 1 aliphatic rings. The van der Waals surface area contributed by atoms with Gasteiger partial charge < -0.3 is 5.73 Å². The molecule has 19 heavy (non-hydrogen) atoms. The molecule has 0 radical (unpaired) electrons. The van der Waals surface area contributed by atoms with Crippen molar-refractivity contribution in [1.82, 2.24) is 19.5 Å². The molecule has 0 unspecified atom stereocenters. The highest BCUT2D eigenvalue weighted by atomic mass is 15.2. The number of nitrogens with zero attached hydrogens (tertiary/aromatic N) is 4. The number of nitrogens with two attached hydrogens (primary N) is 1. The van der Waals surface area contributed by atoms with Gasteiger partial charge in [-0.2, -0.15) is 0 Å². The second-order valence-corrected chi connectivity index (χ2v) is 4.82. The molecule has 0 amide bonds. The molecule has 0 spiro atoms. The molecular weight excluding hydrogens is 240 g/mol. The highest BCUT2D eigenvalue weighted by molar-refractivity contribution is 5.93. The van der Waals surface area contributed by atoms with Gasteiger partial charge in [-0.25, -0.2) is 15.0 Å². The number of hydrogen-bond donors (Lipinski definition) is 2. The van der Waals surface area contributed by atoms with E-state index in [-0.39, 0.29) is 5.84 Å². The summed E-state index contributed by atoms with van der Waals surface area (Å²) in [7, 11) is 0. The summed E-state index contributed by atoms with van der Waals surface area (Å²) in [5, 5.41) is 7.50. The molecular formula is C13H16N6. The molecule has 6 nitrogen and oxygen atoms in total. The number of amidine groups is 1. The van der Waals surface area contributed by atoms with Crippen molar-refractivity contribution in [1.29, 1.82) is 5.41 Å². The van der Waals surface area contributed by atoms with Crippen molar-refractivity contribution in [2.75, 3.05) is 0 Å². The second-order valence-electron chi connectivity index (χ2n) is 4.82. The van der Waals surface area contributed by atoms with Gasteiger partial charge in [0.1, 0.15) is 17.9 Å². The van der Waals surface area contributed by atoms with Gasteiger partial charge in [-0.05, 0) is 38.7 Å². The van der Waals surface area contributed by atoms with Gasteiger partial charge >= 0.3 is 0 Å². The average molecular weight is 256 g/mol. The molecule has 0 atom stereocenters. The van der Waals surface area contributed by atoms with Crippen LogP contribution < -0.4 is 5.73 Å². The number of aromatic nitrogens is 4. The van der Waals surface area contributed by atoms with Gasteiger partial charge in [-0.1, -0.05) is 0 Å². The largest absolute Gasteiger partial charge is 0.382 e. The van der Waals surface area contributed by atoms with Crippen LogP contribution in [0.3, 0.4) is 0 Å². The molecule has 6 heteroatoms. The monoisotopic (exact) mass is 256 g/mol. The Bertz CT molecular complexity index is 643. The maximum Gasteiger partial charge on any atom is 0.236 e. The van der Waals surface area contributed by atoms with E-state index in [4.69, 9.17) is 11.1 Å². The van der Waals surface area contributed by atoms with Crippen LogP contribution in [0.25, 0.3) is 5.95 Å². The third kappa shape index (κ3) is 2.09. The highest BCUT2D eigenvalue weighted by Gasteiger charge is 2.18. The van der Waals surface area contributed by atoms with Crippen molar-refractivity contribution < 1.29 is 0 Å². The fourth-order valence-corrected chi connectivity index (χ4v) is 2.44. The van der Waals surface area contributed by atoms with Gasteiger partial charge in [0, 0.05) is 11.4 Å². The number of hydrogen-bond acceptors (Lipinski definition) is 4. The molecule has 0 fully saturated rings. The number of nitrogen functional groups attached to an aromatic ring is 1. The Morgan fingerprint density at radius 2 is 2.11 bits per heavy atom. The first-order valence-corrected chi connectivity index (χ1v) is 6.40. The van der Waals surface area contributed by atoms with Crippen LogP contribution in [0.5, 0.6) is 0 Å². The van der Waals surface area contributed by atoms with Crippen LogP contribution in [0.15, 0.2) is 12.4 Å². The molecule has 0 aromatic carbocycles. The van der Waals surface area contributed by atoms with E-state index in [1.54, 1.807) is 12.4 Å². The van der Waals surface area contributed by atoms with Gasteiger partial charge in [0.25, 0.3) is 0 Å². The molecule has 3 rings (SSSR count). The van der Waals surface area contributed by atoms with Crippen LogP contribution in [0.4, 0.5) is 0 Å². The van der Waals surface area contributed by atoms with Crippen LogP contribution in [0.2, 0.25) is 0 Å². The second kappa shape index (κ2) is 4.46. The normalized spacial score (nSPS) is 14.2. The first kappa shape index (κ1) is 11.8. The predicted molar refractivity (Wildman–Crippen MR) is 71.5 cm³/mol. The zero-order valence-electron chi connectivity index (χ0n) is 10.8. The number of nitrogens with one attached hydrogen (secondary N) is 1. The van der Waals surface area contributed by atoms with Crippen LogP contribution in [0, 0.1) is 12.3 Å². The van der Waals surface area contributed by atoms with E-state index in [2.05, 4.69) is 15.0 Å².